The molecule has 4 N–H and O–H groups in total. The zero-order valence-electron chi connectivity index (χ0n) is 10.2. The number of ether oxygens (including phenoxy) is 2. The Morgan fingerprint density at radius 2 is 2.17 bits per heavy atom. The van der Waals surface area contributed by atoms with E-state index in [0.29, 0.717) is 28.7 Å². The molecule has 0 radical (unpaired) electrons. The van der Waals surface area contributed by atoms with Gasteiger partial charge in [-0.25, -0.2) is 0 Å². The van der Waals surface area contributed by atoms with E-state index in [0.717, 1.165) is 0 Å². The number of methoxy groups -OCH3 is 1. The summed E-state index contributed by atoms with van der Waals surface area (Å²) in [5.41, 5.74) is 11.0. The van der Waals surface area contributed by atoms with Gasteiger partial charge in [0.25, 0.3) is 0 Å². The van der Waals surface area contributed by atoms with Crippen LogP contribution < -0.4 is 20.9 Å². The molecule has 7 heteroatoms. The van der Waals surface area contributed by atoms with Gasteiger partial charge in [-0.2, -0.15) is 5.10 Å². The first-order valence-electron chi connectivity index (χ1n) is 5.20. The van der Waals surface area contributed by atoms with E-state index in [1.165, 1.54) is 13.3 Å². The fourth-order valence-corrected chi connectivity index (χ4v) is 1.58. The first kappa shape index (κ1) is 14.1. The summed E-state index contributed by atoms with van der Waals surface area (Å²) in [7, 11) is 1.52. The fourth-order valence-electron chi connectivity index (χ4n) is 1.29. The van der Waals surface area contributed by atoms with Gasteiger partial charge in [-0.1, -0.05) is 11.6 Å². The fraction of sp³-hybridized carbons (Fsp3) is 0.273. The third kappa shape index (κ3) is 3.81. The summed E-state index contributed by atoms with van der Waals surface area (Å²) in [6.07, 6.45) is 1.47. The van der Waals surface area contributed by atoms with Crippen LogP contribution in [0.25, 0.3) is 0 Å². The van der Waals surface area contributed by atoms with Gasteiger partial charge in [-0.15, -0.1) is 5.10 Å². The van der Waals surface area contributed by atoms with Crippen molar-refractivity contribution in [3.8, 4) is 11.5 Å². The van der Waals surface area contributed by atoms with E-state index in [-0.39, 0.29) is 5.96 Å². The van der Waals surface area contributed by atoms with Crippen molar-refractivity contribution in [3.05, 3.63) is 22.7 Å². The molecule has 1 aromatic rings. The number of rotatable bonds is 5. The lowest BCUT2D eigenvalue weighted by Gasteiger charge is -2.11. The standard InChI is InChI=1S/C11H15ClN4O2/c1-3-18-9-5-7(6-15-16-11(13)14)4-8(12)10(9)17-2/h4-6H,3H2,1-2H3,(H4,13,14,16)/b15-6+. The highest BCUT2D eigenvalue weighted by molar-refractivity contribution is 6.32. The third-order valence-corrected chi connectivity index (χ3v) is 2.20. The molecule has 0 aliphatic rings. The number of nitrogens with two attached hydrogens (primary N) is 2. The van der Waals surface area contributed by atoms with Crippen molar-refractivity contribution in [2.75, 3.05) is 13.7 Å². The highest BCUT2D eigenvalue weighted by Gasteiger charge is 2.10. The van der Waals surface area contributed by atoms with Gasteiger partial charge in [0.1, 0.15) is 0 Å². The molecule has 0 bridgehead atoms. The second-order valence-electron chi connectivity index (χ2n) is 3.24. The summed E-state index contributed by atoms with van der Waals surface area (Å²) in [5.74, 6) is 0.909. The second kappa shape index (κ2) is 6.70. The summed E-state index contributed by atoms with van der Waals surface area (Å²) in [6.45, 7) is 2.37. The van der Waals surface area contributed by atoms with Gasteiger partial charge >= 0.3 is 0 Å². The molecule has 0 saturated carbocycles. The molecular formula is C11H15ClN4O2. The predicted molar refractivity (Wildman–Crippen MR) is 72.6 cm³/mol. The molecule has 0 amide bonds. The summed E-state index contributed by atoms with van der Waals surface area (Å²) in [4.78, 5) is 0. The Morgan fingerprint density at radius 3 is 2.72 bits per heavy atom. The number of benzene rings is 1. The minimum absolute atomic E-state index is 0.115. The largest absolute Gasteiger partial charge is 0.491 e. The zero-order chi connectivity index (χ0) is 13.5. The third-order valence-electron chi connectivity index (χ3n) is 1.92. The molecule has 0 heterocycles. The second-order valence-corrected chi connectivity index (χ2v) is 3.64. The molecule has 0 atom stereocenters. The minimum atomic E-state index is -0.115. The summed E-state index contributed by atoms with van der Waals surface area (Å²) >= 11 is 6.06. The van der Waals surface area contributed by atoms with Gasteiger partial charge in [0.2, 0.25) is 5.96 Å². The van der Waals surface area contributed by atoms with Gasteiger partial charge in [0.15, 0.2) is 11.5 Å². The van der Waals surface area contributed by atoms with Crippen LogP contribution in [0, 0.1) is 0 Å². The topological polar surface area (TPSA) is 95.2 Å². The van der Waals surface area contributed by atoms with Gasteiger partial charge in [-0.05, 0) is 19.1 Å². The molecule has 1 rings (SSSR count). The number of halogens is 1. The van der Waals surface area contributed by atoms with Crippen LogP contribution in [-0.2, 0) is 0 Å². The Balaban J connectivity index is 3.08. The van der Waals surface area contributed by atoms with E-state index < -0.39 is 0 Å². The van der Waals surface area contributed by atoms with E-state index in [1.54, 1.807) is 12.1 Å². The van der Waals surface area contributed by atoms with Gasteiger partial charge in [0.05, 0.1) is 25.0 Å². The maximum atomic E-state index is 6.06. The average molecular weight is 271 g/mol. The molecule has 0 saturated heterocycles. The Bertz CT molecular complexity index is 470. The smallest absolute Gasteiger partial charge is 0.211 e. The first-order chi connectivity index (χ1) is 8.58. The van der Waals surface area contributed by atoms with Gasteiger partial charge in [-0.3, -0.25) is 0 Å². The Morgan fingerprint density at radius 1 is 1.44 bits per heavy atom. The SMILES string of the molecule is CCOc1cc(/C=N/N=C(N)N)cc(Cl)c1OC. The van der Waals surface area contributed by atoms with Crippen LogP contribution in [0.5, 0.6) is 11.5 Å². The van der Waals surface area contributed by atoms with Crippen molar-refractivity contribution in [3.63, 3.8) is 0 Å². The van der Waals surface area contributed by atoms with Crippen LogP contribution >= 0.6 is 11.6 Å². The highest BCUT2D eigenvalue weighted by Crippen LogP contribution is 2.35. The van der Waals surface area contributed by atoms with E-state index >= 15 is 0 Å². The number of hydrogen-bond acceptors (Lipinski definition) is 4. The monoisotopic (exact) mass is 270 g/mol. The van der Waals surface area contributed by atoms with Gasteiger partial charge < -0.3 is 20.9 Å². The van der Waals surface area contributed by atoms with Crippen molar-refractivity contribution >= 4 is 23.8 Å². The summed E-state index contributed by atoms with van der Waals surface area (Å²) in [6, 6.07) is 3.41. The normalized spacial score (nSPS) is 10.4. The summed E-state index contributed by atoms with van der Waals surface area (Å²) < 4.78 is 10.6. The summed E-state index contributed by atoms with van der Waals surface area (Å²) in [5, 5.41) is 7.62. The van der Waals surface area contributed by atoms with E-state index in [1.807, 2.05) is 6.92 Å². The lowest BCUT2D eigenvalue weighted by Crippen LogP contribution is -2.21. The van der Waals surface area contributed by atoms with Crippen molar-refractivity contribution < 1.29 is 9.47 Å². The molecule has 18 heavy (non-hydrogen) atoms. The van der Waals surface area contributed by atoms with Crippen LogP contribution in [0.15, 0.2) is 22.3 Å². The van der Waals surface area contributed by atoms with Crippen LogP contribution in [0.4, 0.5) is 0 Å². The molecular weight excluding hydrogens is 256 g/mol. The predicted octanol–water partition coefficient (Wildman–Crippen LogP) is 1.35. The number of guanidine groups is 1. The lowest BCUT2D eigenvalue weighted by molar-refractivity contribution is 0.311. The molecule has 6 nitrogen and oxygen atoms in total. The quantitative estimate of drug-likeness (QED) is 0.480. The van der Waals surface area contributed by atoms with Crippen molar-refractivity contribution in [2.45, 2.75) is 6.92 Å². The lowest BCUT2D eigenvalue weighted by atomic mass is 10.2. The van der Waals surface area contributed by atoms with E-state index in [2.05, 4.69) is 10.2 Å². The average Bonchev–Trinajstić information content (AvgIpc) is 2.28. The first-order valence-corrected chi connectivity index (χ1v) is 5.58. The maximum Gasteiger partial charge on any atom is 0.211 e. The molecule has 0 spiro atoms. The van der Waals surface area contributed by atoms with E-state index in [9.17, 15) is 0 Å². The van der Waals surface area contributed by atoms with E-state index in [4.69, 9.17) is 32.5 Å². The minimum Gasteiger partial charge on any atom is -0.491 e. The maximum absolute atomic E-state index is 6.06. The molecule has 0 aliphatic carbocycles. The molecule has 0 unspecified atom stereocenters. The number of hydrogen-bond donors (Lipinski definition) is 2. The van der Waals surface area contributed by atoms with Gasteiger partial charge in [0, 0.05) is 5.56 Å². The van der Waals surface area contributed by atoms with Crippen molar-refractivity contribution in [2.24, 2.45) is 21.7 Å². The molecule has 98 valence electrons. The number of nitrogens with zero attached hydrogens (tertiary/aromatic N) is 2. The van der Waals surface area contributed by atoms with Crippen LogP contribution in [0.2, 0.25) is 5.02 Å². The molecule has 0 aromatic heterocycles. The van der Waals surface area contributed by atoms with Crippen LogP contribution in [0.3, 0.4) is 0 Å². The van der Waals surface area contributed by atoms with Crippen molar-refractivity contribution in [1.82, 2.24) is 0 Å². The van der Waals surface area contributed by atoms with Crippen molar-refractivity contribution in [1.29, 1.82) is 0 Å². The van der Waals surface area contributed by atoms with Crippen LogP contribution in [-0.4, -0.2) is 25.9 Å². The van der Waals surface area contributed by atoms with Crippen LogP contribution in [0.1, 0.15) is 12.5 Å². The highest BCUT2D eigenvalue weighted by atomic mass is 35.5. The molecule has 0 fully saturated rings. The zero-order valence-corrected chi connectivity index (χ0v) is 10.9. The Hall–Kier alpha value is -1.95. The Kier molecular flexibility index (Phi) is 5.26. The molecule has 1 aromatic carbocycles. The molecule has 0 aliphatic heterocycles. The Labute approximate surface area is 110 Å².